The molecule has 2 N–H and O–H groups in total. The van der Waals surface area contributed by atoms with Crippen LogP contribution in [0.1, 0.15) is 106 Å². The minimum Gasteiger partial charge on any atom is -0.478 e. The lowest BCUT2D eigenvalue weighted by atomic mass is 9.33. The minimum absolute atomic E-state index is 0.149. The molecule has 2 aliphatic heterocycles. The van der Waals surface area contributed by atoms with E-state index in [-0.39, 0.29) is 27.7 Å². The zero-order valence-electron chi connectivity index (χ0n) is 31.7. The summed E-state index contributed by atoms with van der Waals surface area (Å²) in [6, 6.07) is 0. The lowest BCUT2D eigenvalue weighted by Crippen LogP contribution is -2.70. The summed E-state index contributed by atoms with van der Waals surface area (Å²) in [5.41, 5.74) is 2.09. The molecule has 4 saturated carbocycles. The second kappa shape index (κ2) is 13.1. The molecule has 2 saturated heterocycles. The first-order valence-corrected chi connectivity index (χ1v) is 21.6. The van der Waals surface area contributed by atoms with Crippen molar-refractivity contribution in [2.24, 2.45) is 51.2 Å². The number of aliphatic carboxylic acids is 1. The summed E-state index contributed by atoms with van der Waals surface area (Å²) in [5, 5.41) is 13.2. The molecule has 9 atom stereocenters. The highest BCUT2D eigenvalue weighted by Crippen LogP contribution is 2.76. The normalized spacial score (nSPS) is 42.9. The van der Waals surface area contributed by atoms with E-state index in [2.05, 4.69) is 64.2 Å². The average molecular weight is 698 g/mol. The first-order valence-electron chi connectivity index (χ1n) is 19.5. The highest BCUT2D eigenvalue weighted by Gasteiger charge is 2.70. The van der Waals surface area contributed by atoms with Crippen molar-refractivity contribution >= 4 is 27.3 Å². The molecule has 276 valence electrons. The number of allylic oxidation sites excluding steroid dienone is 1. The molecule has 6 rings (SSSR count). The summed E-state index contributed by atoms with van der Waals surface area (Å²) in [4.78, 5) is 28.9. The Hall–Kier alpha value is -1.64. The van der Waals surface area contributed by atoms with Gasteiger partial charge in [0.2, 0.25) is 5.91 Å². The zero-order valence-corrected chi connectivity index (χ0v) is 32.5. The summed E-state index contributed by atoms with van der Waals surface area (Å²) >= 11 is 0. The molecule has 0 spiro atoms. The number of carbonyl (C=O) groups excluding carboxylic acids is 1. The maximum atomic E-state index is 13.3. The Kier molecular flexibility index (Phi) is 9.92. The molecular weight excluding hydrogens is 631 g/mol. The molecule has 0 aromatic rings. The van der Waals surface area contributed by atoms with Crippen molar-refractivity contribution in [2.45, 2.75) is 111 Å². The number of piperidine rings is 1. The first kappa shape index (κ1) is 37.1. The van der Waals surface area contributed by atoms with Gasteiger partial charge in [-0.05, 0) is 165 Å². The van der Waals surface area contributed by atoms with E-state index in [0.29, 0.717) is 41.5 Å². The van der Waals surface area contributed by atoms with Gasteiger partial charge in [0.05, 0.1) is 0 Å². The maximum Gasteiger partial charge on any atom is 0.328 e. The smallest absolute Gasteiger partial charge is 0.328 e. The molecule has 8 heteroatoms. The monoisotopic (exact) mass is 697 g/mol. The predicted molar refractivity (Wildman–Crippen MR) is 202 cm³/mol. The Morgan fingerprint density at radius 1 is 0.898 bits per heavy atom. The van der Waals surface area contributed by atoms with Crippen molar-refractivity contribution in [1.82, 2.24) is 15.1 Å². The van der Waals surface area contributed by atoms with Crippen LogP contribution in [0.25, 0.3) is 0 Å². The van der Waals surface area contributed by atoms with Gasteiger partial charge in [0, 0.05) is 55.4 Å². The third-order valence-electron chi connectivity index (χ3n) is 16.4. The minimum atomic E-state index is -1.84. The standard InChI is InChI=1S/C41H67N3O4S/c1-29(2)30-14-17-41(28-42-21-9-22-43-24-26-49(8,48)27-25-43)19-18-39(6)31(36(30)41)10-11-33-38(5)20-23-44(34(45)12-13-35(46)47)37(3,4)32(38)15-16-40(33,39)7/h12-13,30-33,36,42H,1,8-11,14-28H2,2-7H3,(H,46,47)/b13-12+/t30-,31+,32-,33+,36+,38-,39+,40+,41+/m0/s1. The van der Waals surface area contributed by atoms with Crippen LogP contribution in [-0.4, -0.2) is 93.2 Å². The lowest BCUT2D eigenvalue weighted by Gasteiger charge is -2.73. The van der Waals surface area contributed by atoms with Crippen LogP contribution in [0.4, 0.5) is 0 Å². The Balaban J connectivity index is 1.18. The summed E-state index contributed by atoms with van der Waals surface area (Å²) in [6.45, 7) is 25.1. The number of rotatable bonds is 9. The zero-order chi connectivity index (χ0) is 35.6. The molecule has 4 aliphatic carbocycles. The summed E-state index contributed by atoms with van der Waals surface area (Å²) in [7, 11) is -1.84. The van der Waals surface area contributed by atoms with Gasteiger partial charge >= 0.3 is 5.97 Å². The van der Waals surface area contributed by atoms with Gasteiger partial charge < -0.3 is 20.2 Å². The number of amides is 1. The Morgan fingerprint density at radius 2 is 1.61 bits per heavy atom. The van der Waals surface area contributed by atoms with E-state index in [1.807, 2.05) is 4.90 Å². The molecule has 6 aliphatic rings. The number of hydrogen-bond acceptors (Lipinski definition) is 5. The number of carbonyl (C=O) groups is 2. The fourth-order valence-corrected chi connectivity index (χ4v) is 15.1. The number of carboxylic acids is 1. The van der Waals surface area contributed by atoms with Gasteiger partial charge in [-0.2, -0.15) is 0 Å². The van der Waals surface area contributed by atoms with Crippen molar-refractivity contribution < 1.29 is 18.9 Å². The van der Waals surface area contributed by atoms with Crippen molar-refractivity contribution in [2.75, 3.05) is 50.8 Å². The Morgan fingerprint density at radius 3 is 2.29 bits per heavy atom. The van der Waals surface area contributed by atoms with Crippen LogP contribution in [0, 0.1) is 51.2 Å². The molecule has 0 aromatic heterocycles. The van der Waals surface area contributed by atoms with Gasteiger partial charge in [0.25, 0.3) is 0 Å². The van der Waals surface area contributed by atoms with Crippen LogP contribution in [-0.2, 0) is 19.1 Å². The highest BCUT2D eigenvalue weighted by molar-refractivity contribution is 8.00. The fourth-order valence-electron chi connectivity index (χ4n) is 13.7. The van der Waals surface area contributed by atoms with E-state index in [0.717, 1.165) is 69.6 Å². The number of nitrogens with one attached hydrogen (secondary N) is 1. The predicted octanol–water partition coefficient (Wildman–Crippen LogP) is 6.49. The molecule has 6 fully saturated rings. The van der Waals surface area contributed by atoms with Crippen LogP contribution in [0.15, 0.2) is 24.3 Å². The number of fused-ring (bicyclic) bond motifs is 7. The summed E-state index contributed by atoms with van der Waals surface area (Å²) in [6.07, 6.45) is 14.5. The quantitative estimate of drug-likeness (QED) is 0.124. The summed E-state index contributed by atoms with van der Waals surface area (Å²) in [5.74, 6) is 7.19. The maximum absolute atomic E-state index is 13.3. The third-order valence-corrected chi connectivity index (χ3v) is 18.3. The van der Waals surface area contributed by atoms with Crippen LogP contribution in [0.3, 0.4) is 0 Å². The molecule has 0 unspecified atom stereocenters. The number of nitrogens with zero attached hydrogens (tertiary/aromatic N) is 2. The van der Waals surface area contributed by atoms with Gasteiger partial charge in [-0.25, -0.2) is 4.79 Å². The van der Waals surface area contributed by atoms with Crippen LogP contribution < -0.4 is 5.32 Å². The largest absolute Gasteiger partial charge is 0.478 e. The van der Waals surface area contributed by atoms with E-state index in [1.54, 1.807) is 0 Å². The van der Waals surface area contributed by atoms with E-state index >= 15 is 0 Å². The van der Waals surface area contributed by atoms with Crippen LogP contribution in [0.5, 0.6) is 0 Å². The molecule has 0 bridgehead atoms. The SMILES string of the molecule is C=C(C)[C@@H]1CC[C@]2(CNCCCN3CCS(=C)(=O)CC3)CC[C@]3(C)[C@H](CC[C@@H]4[C@@]5(C)CCN(C(=O)/C=C/C(=O)O)C(C)(C)[C@@H]5CC[C@]43C)[C@@H]12. The summed E-state index contributed by atoms with van der Waals surface area (Å²) < 4.78 is 12.3. The van der Waals surface area contributed by atoms with Gasteiger partial charge in [0.1, 0.15) is 0 Å². The number of hydrogen-bond donors (Lipinski definition) is 2. The second-order valence-corrected chi connectivity index (χ2v) is 21.6. The molecule has 1 amide bonds. The van der Waals surface area contributed by atoms with E-state index in [4.69, 9.17) is 5.11 Å². The fraction of sp³-hybridized carbons (Fsp3) is 0.829. The third kappa shape index (κ3) is 6.19. The molecule has 0 radical (unpaired) electrons. The molecule has 49 heavy (non-hydrogen) atoms. The van der Waals surface area contributed by atoms with E-state index in [1.165, 1.54) is 56.6 Å². The van der Waals surface area contributed by atoms with Crippen LogP contribution >= 0.6 is 0 Å². The van der Waals surface area contributed by atoms with Gasteiger partial charge in [-0.1, -0.05) is 32.9 Å². The van der Waals surface area contributed by atoms with E-state index in [9.17, 15) is 13.8 Å². The molecule has 0 aromatic carbocycles. The van der Waals surface area contributed by atoms with Crippen molar-refractivity contribution in [3.05, 3.63) is 24.3 Å². The molecule has 7 nitrogen and oxygen atoms in total. The highest BCUT2D eigenvalue weighted by atomic mass is 32.2. The molecular formula is C41H67N3O4S. The number of carboxylic acid groups (broad SMARTS) is 1. The number of likely N-dealkylation sites (tertiary alicyclic amines) is 1. The lowest BCUT2D eigenvalue weighted by molar-refractivity contribution is -0.240. The average Bonchev–Trinajstić information content (AvgIpc) is 3.40. The van der Waals surface area contributed by atoms with Crippen LogP contribution in [0.2, 0.25) is 0 Å². The van der Waals surface area contributed by atoms with Gasteiger partial charge in [-0.15, -0.1) is 0 Å². The van der Waals surface area contributed by atoms with Gasteiger partial charge in [0.15, 0.2) is 0 Å². The van der Waals surface area contributed by atoms with Crippen molar-refractivity contribution in [3.8, 4) is 0 Å². The van der Waals surface area contributed by atoms with Crippen molar-refractivity contribution in [3.63, 3.8) is 0 Å². The second-order valence-electron chi connectivity index (χ2n) is 18.9. The first-order chi connectivity index (χ1) is 22.9. The molecule has 2 heterocycles. The van der Waals surface area contributed by atoms with E-state index < -0.39 is 15.5 Å². The topological polar surface area (TPSA) is 90.0 Å². The van der Waals surface area contributed by atoms with Gasteiger partial charge in [-0.3, -0.25) is 9.00 Å². The van der Waals surface area contributed by atoms with Crippen molar-refractivity contribution in [1.29, 1.82) is 0 Å². The Bertz CT molecular complexity index is 1440. The Labute approximate surface area is 298 Å².